The molecule has 3 aromatic rings. The van der Waals surface area contributed by atoms with Crippen molar-refractivity contribution in [2.45, 2.75) is 39.2 Å². The highest BCUT2D eigenvalue weighted by Crippen LogP contribution is 2.31. The lowest BCUT2D eigenvalue weighted by molar-refractivity contribution is 0.0636. The van der Waals surface area contributed by atoms with Crippen molar-refractivity contribution in [3.8, 4) is 0 Å². The number of aromatic nitrogens is 2. The second-order valence-electron chi connectivity index (χ2n) is 7.35. The van der Waals surface area contributed by atoms with Crippen LogP contribution in [0.25, 0.3) is 11.0 Å². The first-order valence-electron chi connectivity index (χ1n) is 9.63. The van der Waals surface area contributed by atoms with Crippen LogP contribution in [-0.2, 0) is 0 Å². The largest absolute Gasteiger partial charge is 0.354 e. The molecule has 1 amide bonds. The first kappa shape index (κ1) is 18.9. The summed E-state index contributed by atoms with van der Waals surface area (Å²) in [6, 6.07) is 12.1. The van der Waals surface area contributed by atoms with Crippen molar-refractivity contribution in [1.29, 1.82) is 0 Å². The first-order chi connectivity index (χ1) is 13.5. The molecule has 0 aliphatic carbocycles. The number of likely N-dealkylation sites (tertiary alicyclic amines) is 1. The molecule has 0 spiro atoms. The third kappa shape index (κ3) is 3.74. The van der Waals surface area contributed by atoms with Crippen molar-refractivity contribution in [3.63, 3.8) is 0 Å². The van der Waals surface area contributed by atoms with Gasteiger partial charge in [-0.2, -0.15) is 0 Å². The lowest BCUT2D eigenvalue weighted by Gasteiger charge is -2.34. The monoisotopic (exact) mass is 438 g/mol. The third-order valence-corrected chi connectivity index (χ3v) is 5.81. The fourth-order valence-electron chi connectivity index (χ4n) is 3.70. The summed E-state index contributed by atoms with van der Waals surface area (Å²) in [5, 5.41) is 4.30. The molecule has 1 unspecified atom stereocenters. The number of hydrogen-bond acceptors (Lipinski definition) is 4. The molecule has 1 aliphatic heterocycles. The fraction of sp³-hybridized carbons (Fsp3) is 0.318. The van der Waals surface area contributed by atoms with Crippen LogP contribution in [0.4, 0.5) is 11.4 Å². The van der Waals surface area contributed by atoms with Crippen LogP contribution in [0, 0.1) is 6.92 Å². The second kappa shape index (κ2) is 7.87. The Bertz CT molecular complexity index is 1020. The Balaban J connectivity index is 1.81. The Morgan fingerprint density at radius 1 is 1.18 bits per heavy atom. The molecule has 3 heterocycles. The van der Waals surface area contributed by atoms with Crippen molar-refractivity contribution in [2.75, 3.05) is 11.9 Å². The number of hydrogen-bond donors (Lipinski definition) is 1. The molecule has 144 valence electrons. The Morgan fingerprint density at radius 3 is 2.71 bits per heavy atom. The molecule has 1 N–H and O–H groups in total. The van der Waals surface area contributed by atoms with Gasteiger partial charge in [-0.1, -0.05) is 15.9 Å². The highest BCUT2D eigenvalue weighted by molar-refractivity contribution is 9.10. The van der Waals surface area contributed by atoms with Crippen molar-refractivity contribution >= 4 is 44.2 Å². The smallest absolute Gasteiger partial charge is 0.257 e. The standard InChI is InChI=1S/C22H23BrN4O/c1-14-6-11-18-20(26-17-9-7-16(23)8-10-17)19(13-24-21(18)25-14)22(28)27-12-4-3-5-15(27)2/h6-11,13,15H,3-5,12H2,1-2H3,(H,24,25,26). The zero-order valence-corrected chi connectivity index (χ0v) is 17.7. The summed E-state index contributed by atoms with van der Waals surface area (Å²) in [4.78, 5) is 24.4. The maximum Gasteiger partial charge on any atom is 0.257 e. The molecule has 0 radical (unpaired) electrons. The van der Waals surface area contributed by atoms with Crippen LogP contribution in [0.15, 0.2) is 47.1 Å². The van der Waals surface area contributed by atoms with Gasteiger partial charge in [-0.3, -0.25) is 4.79 Å². The molecule has 28 heavy (non-hydrogen) atoms. The van der Waals surface area contributed by atoms with Gasteiger partial charge in [0, 0.05) is 40.0 Å². The molecule has 1 saturated heterocycles. The van der Waals surface area contributed by atoms with E-state index in [0.717, 1.165) is 46.3 Å². The van der Waals surface area contributed by atoms with Crippen molar-refractivity contribution in [1.82, 2.24) is 14.9 Å². The highest BCUT2D eigenvalue weighted by atomic mass is 79.9. The van der Waals surface area contributed by atoms with Crippen LogP contribution >= 0.6 is 15.9 Å². The lowest BCUT2D eigenvalue weighted by atomic mass is 10.0. The summed E-state index contributed by atoms with van der Waals surface area (Å²) >= 11 is 3.47. The van der Waals surface area contributed by atoms with E-state index in [1.165, 1.54) is 6.42 Å². The predicted octanol–water partition coefficient (Wildman–Crippen LogP) is 5.46. The maximum absolute atomic E-state index is 13.4. The summed E-state index contributed by atoms with van der Waals surface area (Å²) in [7, 11) is 0. The third-order valence-electron chi connectivity index (χ3n) is 5.28. The van der Waals surface area contributed by atoms with Gasteiger partial charge < -0.3 is 10.2 Å². The molecule has 1 aliphatic rings. The van der Waals surface area contributed by atoms with Gasteiger partial charge in [-0.05, 0) is 69.5 Å². The Hall–Kier alpha value is -2.47. The number of rotatable bonds is 3. The van der Waals surface area contributed by atoms with Gasteiger partial charge in [0.2, 0.25) is 0 Å². The Morgan fingerprint density at radius 2 is 1.96 bits per heavy atom. The van der Waals surface area contributed by atoms with Crippen LogP contribution < -0.4 is 5.32 Å². The number of carbonyl (C=O) groups is 1. The average molecular weight is 439 g/mol. The molecule has 5 nitrogen and oxygen atoms in total. The lowest BCUT2D eigenvalue weighted by Crippen LogP contribution is -2.42. The molecule has 2 aromatic heterocycles. The van der Waals surface area contributed by atoms with Crippen molar-refractivity contribution in [3.05, 3.63) is 58.3 Å². The molecule has 6 heteroatoms. The number of fused-ring (bicyclic) bond motifs is 1. The number of halogens is 1. The zero-order valence-electron chi connectivity index (χ0n) is 16.1. The van der Waals surface area contributed by atoms with Crippen LogP contribution in [0.3, 0.4) is 0 Å². The van der Waals surface area contributed by atoms with E-state index in [1.807, 2.05) is 48.2 Å². The van der Waals surface area contributed by atoms with E-state index in [0.29, 0.717) is 11.2 Å². The summed E-state index contributed by atoms with van der Waals surface area (Å²) in [6.45, 7) is 4.86. The summed E-state index contributed by atoms with van der Waals surface area (Å²) in [5.41, 5.74) is 3.82. The van der Waals surface area contributed by atoms with E-state index in [1.54, 1.807) is 6.20 Å². The Labute approximate surface area is 173 Å². The number of anilines is 2. The van der Waals surface area contributed by atoms with Crippen LogP contribution in [0.5, 0.6) is 0 Å². The minimum Gasteiger partial charge on any atom is -0.354 e. The quantitative estimate of drug-likeness (QED) is 0.589. The molecule has 1 fully saturated rings. The molecule has 0 bridgehead atoms. The summed E-state index contributed by atoms with van der Waals surface area (Å²) < 4.78 is 1.01. The van der Waals surface area contributed by atoms with Crippen molar-refractivity contribution in [2.24, 2.45) is 0 Å². The van der Waals surface area contributed by atoms with E-state index in [9.17, 15) is 4.79 Å². The van der Waals surface area contributed by atoms with E-state index in [-0.39, 0.29) is 11.9 Å². The highest BCUT2D eigenvalue weighted by Gasteiger charge is 2.27. The first-order valence-corrected chi connectivity index (χ1v) is 10.4. The number of amides is 1. The van der Waals surface area contributed by atoms with E-state index >= 15 is 0 Å². The van der Waals surface area contributed by atoms with E-state index in [2.05, 4.69) is 38.1 Å². The van der Waals surface area contributed by atoms with Gasteiger partial charge in [0.05, 0.1) is 11.3 Å². The number of pyridine rings is 2. The predicted molar refractivity (Wildman–Crippen MR) is 116 cm³/mol. The summed E-state index contributed by atoms with van der Waals surface area (Å²) in [6.07, 6.45) is 4.93. The van der Waals surface area contributed by atoms with Gasteiger partial charge in [-0.25, -0.2) is 9.97 Å². The van der Waals surface area contributed by atoms with Gasteiger partial charge in [0.1, 0.15) is 0 Å². The molecular weight excluding hydrogens is 416 g/mol. The van der Waals surface area contributed by atoms with E-state index in [4.69, 9.17) is 0 Å². The molecule has 0 saturated carbocycles. The molecule has 1 atom stereocenters. The minimum absolute atomic E-state index is 0.0294. The maximum atomic E-state index is 13.4. The number of nitrogens with one attached hydrogen (secondary N) is 1. The number of carbonyl (C=O) groups excluding carboxylic acids is 1. The number of nitrogens with zero attached hydrogens (tertiary/aromatic N) is 3. The summed E-state index contributed by atoms with van der Waals surface area (Å²) in [5.74, 6) is 0.0294. The molecule has 1 aromatic carbocycles. The van der Waals surface area contributed by atoms with Gasteiger partial charge in [0.25, 0.3) is 5.91 Å². The topological polar surface area (TPSA) is 58.1 Å². The average Bonchev–Trinajstić information content (AvgIpc) is 2.69. The number of benzene rings is 1. The van der Waals surface area contributed by atoms with Gasteiger partial charge in [0.15, 0.2) is 5.65 Å². The molecule has 4 rings (SSSR count). The van der Waals surface area contributed by atoms with E-state index < -0.39 is 0 Å². The van der Waals surface area contributed by atoms with Crippen LogP contribution in [0.1, 0.15) is 42.2 Å². The Kier molecular flexibility index (Phi) is 5.31. The van der Waals surface area contributed by atoms with Crippen molar-refractivity contribution < 1.29 is 4.79 Å². The fourth-order valence-corrected chi connectivity index (χ4v) is 3.97. The zero-order chi connectivity index (χ0) is 19.7. The second-order valence-corrected chi connectivity index (χ2v) is 8.26. The molecular formula is C22H23BrN4O. The van der Waals surface area contributed by atoms with Gasteiger partial charge >= 0.3 is 0 Å². The number of aryl methyl sites for hydroxylation is 1. The normalized spacial score (nSPS) is 17.0. The van der Waals surface area contributed by atoms with Crippen LogP contribution in [-0.4, -0.2) is 33.4 Å². The minimum atomic E-state index is 0.0294. The number of piperidine rings is 1. The van der Waals surface area contributed by atoms with Crippen LogP contribution in [0.2, 0.25) is 0 Å². The van der Waals surface area contributed by atoms with Gasteiger partial charge in [-0.15, -0.1) is 0 Å². The SMILES string of the molecule is Cc1ccc2c(Nc3ccc(Br)cc3)c(C(=O)N3CCCCC3C)cnc2n1.